The molecular weight excluding hydrogens is 194 g/mol. The van der Waals surface area contributed by atoms with E-state index in [0.29, 0.717) is 11.3 Å². The maximum atomic E-state index is 5.54. The number of hydrogen-bond donors (Lipinski definition) is 1. The summed E-state index contributed by atoms with van der Waals surface area (Å²) in [7, 11) is 0. The Kier molecular flexibility index (Phi) is 4.48. The lowest BCUT2D eigenvalue weighted by atomic mass is 10.4. The average Bonchev–Trinajstić information content (AvgIpc) is 2.62. The van der Waals surface area contributed by atoms with Crippen LogP contribution < -0.4 is 5.73 Å². The van der Waals surface area contributed by atoms with Crippen LogP contribution in [-0.2, 0) is 5.75 Å². The third-order valence-corrected chi connectivity index (χ3v) is 3.26. The van der Waals surface area contributed by atoms with Gasteiger partial charge in [0.2, 0.25) is 0 Å². The van der Waals surface area contributed by atoms with Crippen LogP contribution in [0, 0.1) is 0 Å². The van der Waals surface area contributed by atoms with Gasteiger partial charge in [0.05, 0.1) is 5.69 Å². The summed E-state index contributed by atoms with van der Waals surface area (Å²) < 4.78 is 1.99. The van der Waals surface area contributed by atoms with Gasteiger partial charge < -0.3 is 5.73 Å². The van der Waals surface area contributed by atoms with Gasteiger partial charge in [0.15, 0.2) is 0 Å². The number of rotatable bonds is 5. The minimum absolute atomic E-state index is 0.445. The van der Waals surface area contributed by atoms with Gasteiger partial charge in [0, 0.05) is 29.8 Å². The number of nitrogens with two attached hydrogens (primary N) is 1. The van der Waals surface area contributed by atoms with Crippen molar-refractivity contribution >= 4 is 11.8 Å². The minimum atomic E-state index is 0.445. The van der Waals surface area contributed by atoms with E-state index in [-0.39, 0.29) is 0 Å². The summed E-state index contributed by atoms with van der Waals surface area (Å²) in [6, 6.07) is 2.52. The van der Waals surface area contributed by atoms with Crippen molar-refractivity contribution in [2.75, 3.05) is 6.54 Å². The van der Waals surface area contributed by atoms with E-state index in [1.807, 2.05) is 22.6 Å². The van der Waals surface area contributed by atoms with E-state index in [9.17, 15) is 0 Å². The zero-order chi connectivity index (χ0) is 10.6. The second kappa shape index (κ2) is 5.41. The fourth-order valence-electron chi connectivity index (χ4n) is 1.04. The van der Waals surface area contributed by atoms with Gasteiger partial charge in [0.25, 0.3) is 0 Å². The first kappa shape index (κ1) is 11.6. The molecule has 0 aliphatic heterocycles. The summed E-state index contributed by atoms with van der Waals surface area (Å²) in [4.78, 5) is 0. The molecule has 0 aromatic carbocycles. The molecule has 0 aliphatic rings. The molecule has 1 heterocycles. The maximum absolute atomic E-state index is 5.54. The first-order chi connectivity index (χ1) is 6.63. The largest absolute Gasteiger partial charge is 0.329 e. The Morgan fingerprint density at radius 2 is 2.21 bits per heavy atom. The molecule has 14 heavy (non-hydrogen) atoms. The molecule has 0 fully saturated rings. The fraction of sp³-hybridized carbons (Fsp3) is 0.700. The van der Waals surface area contributed by atoms with Gasteiger partial charge in [-0.2, -0.15) is 16.9 Å². The molecule has 0 bridgehead atoms. The van der Waals surface area contributed by atoms with Crippen molar-refractivity contribution in [1.29, 1.82) is 0 Å². The van der Waals surface area contributed by atoms with E-state index in [2.05, 4.69) is 31.9 Å². The molecule has 1 unspecified atom stereocenters. The molecule has 2 N–H and O–H groups in total. The smallest absolute Gasteiger partial charge is 0.0723 e. The van der Waals surface area contributed by atoms with Gasteiger partial charge in [0.1, 0.15) is 0 Å². The quantitative estimate of drug-likeness (QED) is 0.814. The standard InChI is InChI=1S/C10H19N3S/c1-8(2)13-5-4-10(12-13)7-14-9(3)6-11/h4-5,8-9H,6-7,11H2,1-3H3. The van der Waals surface area contributed by atoms with Crippen LogP contribution >= 0.6 is 11.8 Å². The molecule has 1 aromatic heterocycles. The second-order valence-corrected chi connectivity index (χ2v) is 5.16. The first-order valence-corrected chi connectivity index (χ1v) is 6.04. The van der Waals surface area contributed by atoms with Crippen LogP contribution in [0.25, 0.3) is 0 Å². The zero-order valence-corrected chi connectivity index (χ0v) is 9.92. The molecule has 1 aromatic rings. The highest BCUT2D eigenvalue weighted by molar-refractivity contribution is 7.99. The average molecular weight is 213 g/mol. The van der Waals surface area contributed by atoms with Crippen LogP contribution in [0.3, 0.4) is 0 Å². The SMILES string of the molecule is CC(CN)SCc1ccn(C(C)C)n1. The normalized spacial score (nSPS) is 13.5. The molecule has 0 spiro atoms. The van der Waals surface area contributed by atoms with Crippen LogP contribution in [0.2, 0.25) is 0 Å². The third-order valence-electron chi connectivity index (χ3n) is 2.04. The topological polar surface area (TPSA) is 43.8 Å². The van der Waals surface area contributed by atoms with Gasteiger partial charge in [-0.15, -0.1) is 0 Å². The highest BCUT2D eigenvalue weighted by Crippen LogP contribution is 2.16. The lowest BCUT2D eigenvalue weighted by Gasteiger charge is -2.06. The summed E-state index contributed by atoms with van der Waals surface area (Å²) in [5.41, 5.74) is 6.69. The Morgan fingerprint density at radius 1 is 1.50 bits per heavy atom. The van der Waals surface area contributed by atoms with Gasteiger partial charge in [-0.3, -0.25) is 4.68 Å². The Labute approximate surface area is 90.1 Å². The van der Waals surface area contributed by atoms with Crippen molar-refractivity contribution in [1.82, 2.24) is 9.78 Å². The highest BCUT2D eigenvalue weighted by atomic mass is 32.2. The number of nitrogens with zero attached hydrogens (tertiary/aromatic N) is 2. The molecule has 0 amide bonds. The Hall–Kier alpha value is -0.480. The highest BCUT2D eigenvalue weighted by Gasteiger charge is 2.04. The summed E-state index contributed by atoms with van der Waals surface area (Å²) in [6.07, 6.45) is 2.04. The summed E-state index contributed by atoms with van der Waals surface area (Å²) in [5.74, 6) is 0.956. The predicted octanol–water partition coefficient (Wildman–Crippen LogP) is 2.04. The van der Waals surface area contributed by atoms with Crippen molar-refractivity contribution in [2.24, 2.45) is 5.73 Å². The van der Waals surface area contributed by atoms with Crippen LogP contribution in [0.1, 0.15) is 32.5 Å². The monoisotopic (exact) mass is 213 g/mol. The van der Waals surface area contributed by atoms with Gasteiger partial charge in [-0.05, 0) is 19.9 Å². The second-order valence-electron chi connectivity index (χ2n) is 3.74. The number of thioether (sulfide) groups is 1. The molecule has 4 heteroatoms. The molecule has 0 saturated carbocycles. The van der Waals surface area contributed by atoms with Crippen molar-refractivity contribution in [3.63, 3.8) is 0 Å². The van der Waals surface area contributed by atoms with Crippen molar-refractivity contribution in [2.45, 2.75) is 37.8 Å². The van der Waals surface area contributed by atoms with Crippen molar-refractivity contribution in [3.05, 3.63) is 18.0 Å². The Bertz CT molecular complexity index is 270. The molecule has 0 aliphatic carbocycles. The van der Waals surface area contributed by atoms with Crippen molar-refractivity contribution < 1.29 is 0 Å². The minimum Gasteiger partial charge on any atom is -0.329 e. The molecule has 3 nitrogen and oxygen atoms in total. The molecule has 1 rings (SSSR count). The van der Waals surface area contributed by atoms with Crippen LogP contribution in [0.15, 0.2) is 12.3 Å². The van der Waals surface area contributed by atoms with Crippen molar-refractivity contribution in [3.8, 4) is 0 Å². The molecule has 0 saturated heterocycles. The summed E-state index contributed by atoms with van der Waals surface area (Å²) >= 11 is 1.85. The predicted molar refractivity (Wildman–Crippen MR) is 62.4 cm³/mol. The number of aromatic nitrogens is 2. The summed E-state index contributed by atoms with van der Waals surface area (Å²) in [5, 5.41) is 4.98. The van der Waals surface area contributed by atoms with Crippen LogP contribution in [0.4, 0.5) is 0 Å². The molecule has 80 valence electrons. The third kappa shape index (κ3) is 3.35. The zero-order valence-electron chi connectivity index (χ0n) is 9.10. The Balaban J connectivity index is 2.44. The number of hydrogen-bond acceptors (Lipinski definition) is 3. The van der Waals surface area contributed by atoms with E-state index in [4.69, 9.17) is 5.73 Å². The van der Waals surface area contributed by atoms with E-state index in [1.54, 1.807) is 0 Å². The van der Waals surface area contributed by atoms with E-state index >= 15 is 0 Å². The van der Waals surface area contributed by atoms with Gasteiger partial charge in [-0.1, -0.05) is 6.92 Å². The molecule has 0 radical (unpaired) electrons. The summed E-state index contributed by atoms with van der Waals surface area (Å²) in [6.45, 7) is 7.14. The molecule has 1 atom stereocenters. The lowest BCUT2D eigenvalue weighted by Crippen LogP contribution is -2.12. The first-order valence-electron chi connectivity index (χ1n) is 4.99. The lowest BCUT2D eigenvalue weighted by molar-refractivity contribution is 0.528. The van der Waals surface area contributed by atoms with E-state index in [1.165, 1.54) is 0 Å². The fourth-order valence-corrected chi connectivity index (χ4v) is 1.78. The molecular formula is C10H19N3S. The van der Waals surface area contributed by atoms with Gasteiger partial charge in [-0.25, -0.2) is 0 Å². The van der Waals surface area contributed by atoms with Crippen LogP contribution in [-0.4, -0.2) is 21.6 Å². The maximum Gasteiger partial charge on any atom is 0.0723 e. The van der Waals surface area contributed by atoms with E-state index < -0.39 is 0 Å². The van der Waals surface area contributed by atoms with E-state index in [0.717, 1.165) is 18.0 Å². The Morgan fingerprint density at radius 3 is 2.71 bits per heavy atom. The van der Waals surface area contributed by atoms with Crippen LogP contribution in [0.5, 0.6) is 0 Å². The van der Waals surface area contributed by atoms with Gasteiger partial charge >= 0.3 is 0 Å².